The average molecular weight is 323 g/mol. The summed E-state index contributed by atoms with van der Waals surface area (Å²) in [5.41, 5.74) is 8.10. The fourth-order valence-electron chi connectivity index (χ4n) is 3.01. The van der Waals surface area contributed by atoms with Crippen molar-refractivity contribution in [2.75, 3.05) is 0 Å². The summed E-state index contributed by atoms with van der Waals surface area (Å²) in [6.07, 6.45) is 4.00. The number of benzene rings is 1. The highest BCUT2D eigenvalue weighted by atomic mass is 16.5. The van der Waals surface area contributed by atoms with Crippen molar-refractivity contribution < 1.29 is 9.53 Å². The summed E-state index contributed by atoms with van der Waals surface area (Å²) in [5, 5.41) is 4.25. The molecular weight excluding hydrogens is 306 g/mol. The third kappa shape index (κ3) is 2.48. The Morgan fingerprint density at radius 1 is 1.38 bits per heavy atom. The van der Waals surface area contributed by atoms with Gasteiger partial charge in [-0.05, 0) is 37.6 Å². The maximum absolute atomic E-state index is 11.4. The zero-order chi connectivity index (χ0) is 16.7. The van der Waals surface area contributed by atoms with Gasteiger partial charge in [0.15, 0.2) is 0 Å². The highest BCUT2D eigenvalue weighted by Crippen LogP contribution is 2.29. The molecule has 2 aromatic heterocycles. The standard InChI is InChI=1S/C17H17N5O2/c1-10-6-13-14(8-19-10)20-9-21-16(13)24-12-2-3-15-11(7-12)4-5-22(15)17(18)23/h2-5,7,9-10,19H,6,8H2,1H3,(H2,18,23). The van der Waals surface area contributed by atoms with Crippen LogP contribution < -0.4 is 15.8 Å². The van der Waals surface area contributed by atoms with Crippen molar-refractivity contribution in [3.8, 4) is 11.6 Å². The molecule has 0 spiro atoms. The monoisotopic (exact) mass is 323 g/mol. The second-order valence-corrected chi connectivity index (χ2v) is 5.94. The number of rotatable bonds is 2. The zero-order valence-corrected chi connectivity index (χ0v) is 13.2. The van der Waals surface area contributed by atoms with Crippen molar-refractivity contribution >= 4 is 16.9 Å². The van der Waals surface area contributed by atoms with Crippen LogP contribution in [0.2, 0.25) is 0 Å². The van der Waals surface area contributed by atoms with Crippen molar-refractivity contribution in [1.82, 2.24) is 19.9 Å². The number of nitrogens with two attached hydrogens (primary N) is 1. The van der Waals surface area contributed by atoms with Gasteiger partial charge in [-0.1, -0.05) is 0 Å². The minimum atomic E-state index is -0.509. The van der Waals surface area contributed by atoms with Crippen LogP contribution in [0.5, 0.6) is 11.6 Å². The van der Waals surface area contributed by atoms with Crippen LogP contribution in [0.25, 0.3) is 10.9 Å². The molecule has 0 saturated carbocycles. The molecule has 1 aromatic carbocycles. The van der Waals surface area contributed by atoms with Gasteiger partial charge in [-0.2, -0.15) is 0 Å². The third-order valence-electron chi connectivity index (χ3n) is 4.24. The lowest BCUT2D eigenvalue weighted by atomic mass is 10.0. The minimum absolute atomic E-state index is 0.359. The van der Waals surface area contributed by atoms with E-state index in [2.05, 4.69) is 22.2 Å². The van der Waals surface area contributed by atoms with Gasteiger partial charge >= 0.3 is 6.03 Å². The first-order chi connectivity index (χ1) is 11.6. The molecule has 0 aliphatic carbocycles. The molecule has 3 heterocycles. The lowest BCUT2D eigenvalue weighted by Gasteiger charge is -2.23. The van der Waals surface area contributed by atoms with Gasteiger partial charge in [0.25, 0.3) is 0 Å². The van der Waals surface area contributed by atoms with Gasteiger partial charge in [-0.3, -0.25) is 4.57 Å². The minimum Gasteiger partial charge on any atom is -0.439 e. The van der Waals surface area contributed by atoms with Crippen LogP contribution in [0.15, 0.2) is 36.8 Å². The van der Waals surface area contributed by atoms with Gasteiger partial charge in [-0.15, -0.1) is 0 Å². The number of amides is 1. The van der Waals surface area contributed by atoms with Crippen LogP contribution in [-0.4, -0.2) is 26.6 Å². The van der Waals surface area contributed by atoms with E-state index >= 15 is 0 Å². The SMILES string of the molecule is CC1Cc2c(ncnc2Oc2ccc3c(ccn3C(N)=O)c2)CN1. The smallest absolute Gasteiger partial charge is 0.323 e. The van der Waals surface area contributed by atoms with E-state index in [1.165, 1.54) is 10.9 Å². The molecule has 1 aliphatic rings. The highest BCUT2D eigenvalue weighted by Gasteiger charge is 2.21. The summed E-state index contributed by atoms with van der Waals surface area (Å²) in [7, 11) is 0. The Hall–Kier alpha value is -2.93. The van der Waals surface area contributed by atoms with Crippen molar-refractivity contribution in [1.29, 1.82) is 0 Å². The van der Waals surface area contributed by atoms with Gasteiger partial charge < -0.3 is 15.8 Å². The first kappa shape index (κ1) is 14.6. The van der Waals surface area contributed by atoms with Gasteiger partial charge in [0, 0.05) is 29.7 Å². The average Bonchev–Trinajstić information content (AvgIpc) is 2.99. The van der Waals surface area contributed by atoms with E-state index in [-0.39, 0.29) is 0 Å². The normalized spacial score (nSPS) is 16.8. The third-order valence-corrected chi connectivity index (χ3v) is 4.24. The first-order valence-corrected chi connectivity index (χ1v) is 7.77. The van der Waals surface area contributed by atoms with E-state index in [0.717, 1.165) is 35.1 Å². The van der Waals surface area contributed by atoms with Gasteiger partial charge in [0.05, 0.1) is 11.2 Å². The van der Waals surface area contributed by atoms with E-state index in [1.807, 2.05) is 18.2 Å². The summed E-state index contributed by atoms with van der Waals surface area (Å²) in [6.45, 7) is 2.84. The maximum Gasteiger partial charge on any atom is 0.323 e. The van der Waals surface area contributed by atoms with Crippen molar-refractivity contribution in [2.45, 2.75) is 25.9 Å². The topological polar surface area (TPSA) is 95.1 Å². The van der Waals surface area contributed by atoms with Gasteiger partial charge in [-0.25, -0.2) is 14.8 Å². The molecule has 1 amide bonds. The number of carbonyl (C=O) groups is 1. The molecule has 3 N–H and O–H groups in total. The number of hydrogen-bond donors (Lipinski definition) is 2. The number of primary amides is 1. The number of aromatic nitrogens is 3. The largest absolute Gasteiger partial charge is 0.439 e. The fraction of sp³-hybridized carbons (Fsp3) is 0.235. The molecule has 1 atom stereocenters. The first-order valence-electron chi connectivity index (χ1n) is 7.77. The summed E-state index contributed by atoms with van der Waals surface area (Å²) in [6, 6.07) is 7.17. The molecular formula is C17H17N5O2. The van der Waals surface area contributed by atoms with Crippen LogP contribution in [0.4, 0.5) is 4.79 Å². The summed E-state index contributed by atoms with van der Waals surface area (Å²) in [4.78, 5) is 20.0. The van der Waals surface area contributed by atoms with Crippen LogP contribution in [0.1, 0.15) is 18.2 Å². The van der Waals surface area contributed by atoms with Gasteiger partial charge in [0.1, 0.15) is 12.1 Å². The Morgan fingerprint density at radius 3 is 3.08 bits per heavy atom. The van der Waals surface area contributed by atoms with Crippen LogP contribution in [-0.2, 0) is 13.0 Å². The summed E-state index contributed by atoms with van der Waals surface area (Å²) in [5.74, 6) is 1.25. The van der Waals surface area contributed by atoms with Crippen LogP contribution in [0.3, 0.4) is 0 Å². The Morgan fingerprint density at radius 2 is 2.25 bits per heavy atom. The predicted molar refractivity (Wildman–Crippen MR) is 89.0 cm³/mol. The number of nitrogens with one attached hydrogen (secondary N) is 1. The van der Waals surface area contributed by atoms with E-state index in [0.29, 0.717) is 17.7 Å². The number of carbonyl (C=O) groups excluding carboxylic acids is 1. The molecule has 4 rings (SSSR count). The van der Waals surface area contributed by atoms with Crippen molar-refractivity contribution in [3.05, 3.63) is 48.0 Å². The number of ether oxygens (including phenoxy) is 1. The highest BCUT2D eigenvalue weighted by molar-refractivity contribution is 5.91. The molecule has 0 fully saturated rings. The molecule has 122 valence electrons. The molecule has 7 nitrogen and oxygen atoms in total. The van der Waals surface area contributed by atoms with Crippen LogP contribution in [0, 0.1) is 0 Å². The Balaban J connectivity index is 1.69. The second-order valence-electron chi connectivity index (χ2n) is 5.94. The number of fused-ring (bicyclic) bond motifs is 2. The molecule has 0 radical (unpaired) electrons. The van der Waals surface area contributed by atoms with Crippen LogP contribution >= 0.6 is 0 Å². The molecule has 24 heavy (non-hydrogen) atoms. The lowest BCUT2D eigenvalue weighted by Crippen LogP contribution is -2.33. The Labute approximate surface area is 138 Å². The Kier molecular flexibility index (Phi) is 3.42. The fourth-order valence-corrected chi connectivity index (χ4v) is 3.01. The molecule has 7 heteroatoms. The summed E-state index contributed by atoms with van der Waals surface area (Å²) < 4.78 is 7.40. The quantitative estimate of drug-likeness (QED) is 0.754. The predicted octanol–water partition coefficient (Wildman–Crippen LogP) is 2.18. The number of hydrogen-bond acceptors (Lipinski definition) is 5. The van der Waals surface area contributed by atoms with E-state index in [4.69, 9.17) is 10.5 Å². The molecule has 1 unspecified atom stereocenters. The van der Waals surface area contributed by atoms with E-state index in [1.54, 1.807) is 12.3 Å². The molecule has 0 bridgehead atoms. The molecule has 1 aliphatic heterocycles. The van der Waals surface area contributed by atoms with E-state index < -0.39 is 6.03 Å². The lowest BCUT2D eigenvalue weighted by molar-refractivity contribution is 0.251. The Bertz CT molecular complexity index is 934. The van der Waals surface area contributed by atoms with E-state index in [9.17, 15) is 4.79 Å². The molecule has 0 saturated heterocycles. The van der Waals surface area contributed by atoms with Crippen molar-refractivity contribution in [3.63, 3.8) is 0 Å². The maximum atomic E-state index is 11.4. The second kappa shape index (κ2) is 5.61. The zero-order valence-electron chi connectivity index (χ0n) is 13.2. The van der Waals surface area contributed by atoms with Gasteiger partial charge in [0.2, 0.25) is 5.88 Å². The summed E-state index contributed by atoms with van der Waals surface area (Å²) >= 11 is 0. The number of nitrogens with zero attached hydrogens (tertiary/aromatic N) is 3. The van der Waals surface area contributed by atoms with Crippen molar-refractivity contribution in [2.24, 2.45) is 5.73 Å². The molecule has 3 aromatic rings.